The molecular formula is C21H23NO4. The molecule has 0 aliphatic carbocycles. The summed E-state index contributed by atoms with van der Waals surface area (Å²) < 4.78 is 0. The minimum Gasteiger partial charge on any atom is -0.479 e. The highest BCUT2D eigenvalue weighted by Gasteiger charge is 2.22. The second-order valence-electron chi connectivity index (χ2n) is 6.47. The van der Waals surface area contributed by atoms with Gasteiger partial charge in [0.05, 0.1) is 0 Å². The fourth-order valence-corrected chi connectivity index (χ4v) is 2.58. The third-order valence-corrected chi connectivity index (χ3v) is 4.37. The predicted octanol–water partition coefficient (Wildman–Crippen LogP) is 3.52. The van der Waals surface area contributed by atoms with Crippen LogP contribution in [-0.2, 0) is 9.59 Å². The molecule has 0 heterocycles. The van der Waals surface area contributed by atoms with E-state index in [1.54, 1.807) is 24.3 Å². The summed E-state index contributed by atoms with van der Waals surface area (Å²) >= 11 is 0. The molecule has 5 heteroatoms. The molecule has 1 unspecified atom stereocenters. The van der Waals surface area contributed by atoms with Crippen LogP contribution in [0, 0.1) is 20.8 Å². The summed E-state index contributed by atoms with van der Waals surface area (Å²) in [4.78, 5) is 35.8. The molecule has 0 aromatic heterocycles. The average molecular weight is 353 g/mol. The van der Waals surface area contributed by atoms with Gasteiger partial charge in [0.1, 0.15) is 0 Å². The highest BCUT2D eigenvalue weighted by atomic mass is 16.4. The summed E-state index contributed by atoms with van der Waals surface area (Å²) in [5.41, 5.74) is 4.12. The lowest BCUT2D eigenvalue weighted by molar-refractivity contribution is -0.142. The van der Waals surface area contributed by atoms with Crippen molar-refractivity contribution in [2.24, 2.45) is 0 Å². The number of carbonyl (C=O) groups is 3. The van der Waals surface area contributed by atoms with Gasteiger partial charge in [-0.15, -0.1) is 0 Å². The average Bonchev–Trinajstić information content (AvgIpc) is 2.60. The van der Waals surface area contributed by atoms with Crippen LogP contribution in [0.5, 0.6) is 0 Å². The number of amides is 1. The van der Waals surface area contributed by atoms with E-state index >= 15 is 0 Å². The first kappa shape index (κ1) is 19.4. The minimum atomic E-state index is -1.13. The molecule has 2 aromatic carbocycles. The molecule has 26 heavy (non-hydrogen) atoms. The lowest BCUT2D eigenvalue weighted by atomic mass is 10.0. The molecule has 1 atom stereocenters. The van der Waals surface area contributed by atoms with Crippen LogP contribution in [-0.4, -0.2) is 22.8 Å². The maximum atomic E-state index is 12.1. The number of Topliss-reactive ketones (excluding diaryl/α,β-unsaturated/α-hetero) is 1. The second-order valence-corrected chi connectivity index (χ2v) is 6.47. The largest absolute Gasteiger partial charge is 0.479 e. The molecule has 0 saturated carbocycles. The molecule has 0 fully saturated rings. The summed E-state index contributed by atoms with van der Waals surface area (Å²) in [6.07, 6.45) is -0.0184. The van der Waals surface area contributed by atoms with Gasteiger partial charge in [0.25, 0.3) is 0 Å². The van der Waals surface area contributed by atoms with E-state index in [2.05, 4.69) is 5.32 Å². The molecule has 0 radical (unpaired) electrons. The third kappa shape index (κ3) is 5.02. The Hall–Kier alpha value is -2.95. The van der Waals surface area contributed by atoms with Crippen molar-refractivity contribution in [3.63, 3.8) is 0 Å². The first-order chi connectivity index (χ1) is 12.3. The number of benzene rings is 2. The van der Waals surface area contributed by atoms with Gasteiger partial charge in [-0.2, -0.15) is 0 Å². The van der Waals surface area contributed by atoms with Gasteiger partial charge in [-0.1, -0.05) is 48.0 Å². The van der Waals surface area contributed by atoms with Crippen molar-refractivity contribution in [1.82, 2.24) is 5.32 Å². The molecule has 2 N–H and O–H groups in total. The Kier molecular flexibility index (Phi) is 6.28. The molecule has 1 amide bonds. The van der Waals surface area contributed by atoms with Crippen molar-refractivity contribution in [2.75, 3.05) is 0 Å². The van der Waals surface area contributed by atoms with Crippen molar-refractivity contribution < 1.29 is 19.5 Å². The molecule has 0 saturated heterocycles. The summed E-state index contributed by atoms with van der Waals surface area (Å²) in [7, 11) is 0. The number of carboxylic acid groups (broad SMARTS) is 1. The Morgan fingerprint density at radius 3 is 2.15 bits per heavy atom. The number of aryl methyl sites for hydroxylation is 3. The number of ketones is 1. The van der Waals surface area contributed by atoms with Gasteiger partial charge >= 0.3 is 5.97 Å². The van der Waals surface area contributed by atoms with Crippen LogP contribution in [0.1, 0.15) is 51.5 Å². The fourth-order valence-electron chi connectivity index (χ4n) is 2.58. The molecule has 0 spiro atoms. The Balaban J connectivity index is 1.99. The second kappa shape index (κ2) is 8.43. The molecule has 2 rings (SSSR count). The molecule has 0 bridgehead atoms. The SMILES string of the molecule is Cc1ccc(C(=O)CCC(=O)NC(C(=O)O)c2ccc(C)c(C)c2)cc1. The van der Waals surface area contributed by atoms with Crippen molar-refractivity contribution >= 4 is 17.7 Å². The molecular weight excluding hydrogens is 330 g/mol. The van der Waals surface area contributed by atoms with Crippen molar-refractivity contribution in [2.45, 2.75) is 39.7 Å². The van der Waals surface area contributed by atoms with Crippen LogP contribution in [0.2, 0.25) is 0 Å². The zero-order valence-electron chi connectivity index (χ0n) is 15.2. The molecule has 136 valence electrons. The van der Waals surface area contributed by atoms with Gasteiger partial charge in [0, 0.05) is 18.4 Å². The van der Waals surface area contributed by atoms with Crippen molar-refractivity contribution in [1.29, 1.82) is 0 Å². The number of carbonyl (C=O) groups excluding carboxylic acids is 2. The lowest BCUT2D eigenvalue weighted by Gasteiger charge is -2.16. The molecule has 5 nitrogen and oxygen atoms in total. The van der Waals surface area contributed by atoms with E-state index in [9.17, 15) is 19.5 Å². The van der Waals surface area contributed by atoms with Crippen LogP contribution >= 0.6 is 0 Å². The quantitative estimate of drug-likeness (QED) is 0.746. The maximum Gasteiger partial charge on any atom is 0.330 e. The number of aliphatic carboxylic acids is 1. The maximum absolute atomic E-state index is 12.1. The van der Waals surface area contributed by atoms with Gasteiger partial charge in [-0.3, -0.25) is 9.59 Å². The van der Waals surface area contributed by atoms with Gasteiger partial charge in [0.15, 0.2) is 11.8 Å². The molecule has 0 aliphatic rings. The van der Waals surface area contributed by atoms with Crippen LogP contribution in [0.4, 0.5) is 0 Å². The van der Waals surface area contributed by atoms with Crippen LogP contribution in [0.15, 0.2) is 42.5 Å². The molecule has 2 aromatic rings. The van der Waals surface area contributed by atoms with Gasteiger partial charge in [-0.25, -0.2) is 4.79 Å². The zero-order chi connectivity index (χ0) is 19.3. The first-order valence-electron chi connectivity index (χ1n) is 8.47. The zero-order valence-corrected chi connectivity index (χ0v) is 15.2. The van der Waals surface area contributed by atoms with E-state index in [0.29, 0.717) is 11.1 Å². The third-order valence-electron chi connectivity index (χ3n) is 4.37. The molecule has 0 aliphatic heterocycles. The lowest BCUT2D eigenvalue weighted by Crippen LogP contribution is -2.34. The highest BCUT2D eigenvalue weighted by molar-refractivity contribution is 5.98. The Morgan fingerprint density at radius 1 is 0.923 bits per heavy atom. The van der Waals surface area contributed by atoms with Crippen LogP contribution in [0.3, 0.4) is 0 Å². The van der Waals surface area contributed by atoms with Gasteiger partial charge < -0.3 is 10.4 Å². The van der Waals surface area contributed by atoms with Gasteiger partial charge in [-0.05, 0) is 37.5 Å². The summed E-state index contributed by atoms with van der Waals surface area (Å²) in [6.45, 7) is 5.75. The fraction of sp³-hybridized carbons (Fsp3) is 0.286. The minimum absolute atomic E-state index is 0.0359. The standard InChI is InChI=1S/C21H23NO4/c1-13-4-7-16(8-5-13)18(23)10-11-19(24)22-20(21(25)26)17-9-6-14(2)15(3)12-17/h4-9,12,20H,10-11H2,1-3H3,(H,22,24)(H,25,26). The van der Waals surface area contributed by atoms with E-state index in [1.165, 1.54) is 0 Å². The Morgan fingerprint density at radius 2 is 1.58 bits per heavy atom. The predicted molar refractivity (Wildman–Crippen MR) is 99.2 cm³/mol. The number of hydrogen-bond donors (Lipinski definition) is 2. The van der Waals surface area contributed by atoms with Crippen LogP contribution in [0.25, 0.3) is 0 Å². The number of carboxylic acids is 1. The number of nitrogens with one attached hydrogen (secondary N) is 1. The smallest absolute Gasteiger partial charge is 0.330 e. The summed E-state index contributed by atoms with van der Waals surface area (Å²) in [5.74, 6) is -1.74. The van der Waals surface area contributed by atoms with Crippen molar-refractivity contribution in [3.05, 3.63) is 70.3 Å². The Bertz CT molecular complexity index is 824. The topological polar surface area (TPSA) is 83.5 Å². The normalized spacial score (nSPS) is 11.7. The van der Waals surface area contributed by atoms with Crippen LogP contribution < -0.4 is 5.32 Å². The van der Waals surface area contributed by atoms with E-state index in [0.717, 1.165) is 16.7 Å². The number of hydrogen-bond acceptors (Lipinski definition) is 3. The van der Waals surface area contributed by atoms with E-state index in [4.69, 9.17) is 0 Å². The van der Waals surface area contributed by atoms with E-state index in [1.807, 2.05) is 39.0 Å². The highest BCUT2D eigenvalue weighted by Crippen LogP contribution is 2.18. The van der Waals surface area contributed by atoms with E-state index in [-0.39, 0.29) is 18.6 Å². The summed E-state index contributed by atoms with van der Waals surface area (Å²) in [5, 5.41) is 11.9. The van der Waals surface area contributed by atoms with Gasteiger partial charge in [0.2, 0.25) is 5.91 Å². The van der Waals surface area contributed by atoms with E-state index < -0.39 is 17.9 Å². The summed E-state index contributed by atoms with van der Waals surface area (Å²) in [6, 6.07) is 11.3. The monoisotopic (exact) mass is 353 g/mol. The first-order valence-corrected chi connectivity index (χ1v) is 8.47. The van der Waals surface area contributed by atoms with Crippen molar-refractivity contribution in [3.8, 4) is 0 Å². The Labute approximate surface area is 153 Å². The number of rotatable bonds is 7.